The van der Waals surface area contributed by atoms with E-state index in [2.05, 4.69) is 18.8 Å². The fourth-order valence-corrected chi connectivity index (χ4v) is 2.37. The van der Waals surface area contributed by atoms with E-state index in [1.165, 1.54) is 32.1 Å². The third-order valence-corrected chi connectivity index (χ3v) is 3.44. The van der Waals surface area contributed by atoms with Crippen LogP contribution in [0.25, 0.3) is 0 Å². The standard InChI is InChI=1S/C14H27NO/c1-3-5-7-13(6-4-2)15-14(10-11-16)12-8-9-12/h3,12-16H,1,4-11H2,2H3. The van der Waals surface area contributed by atoms with E-state index in [4.69, 9.17) is 5.11 Å². The maximum atomic E-state index is 9.08. The molecular weight excluding hydrogens is 198 g/mol. The van der Waals surface area contributed by atoms with Gasteiger partial charge in [0.2, 0.25) is 0 Å². The van der Waals surface area contributed by atoms with E-state index < -0.39 is 0 Å². The van der Waals surface area contributed by atoms with E-state index in [1.807, 2.05) is 6.08 Å². The van der Waals surface area contributed by atoms with Crippen LogP contribution in [0.2, 0.25) is 0 Å². The van der Waals surface area contributed by atoms with Crippen LogP contribution >= 0.6 is 0 Å². The Morgan fingerprint density at radius 3 is 2.62 bits per heavy atom. The monoisotopic (exact) mass is 225 g/mol. The van der Waals surface area contributed by atoms with Crippen LogP contribution in [0.4, 0.5) is 0 Å². The van der Waals surface area contributed by atoms with E-state index in [0.29, 0.717) is 18.7 Å². The van der Waals surface area contributed by atoms with Crippen molar-refractivity contribution in [2.24, 2.45) is 5.92 Å². The van der Waals surface area contributed by atoms with Gasteiger partial charge in [-0.05, 0) is 44.4 Å². The zero-order valence-corrected chi connectivity index (χ0v) is 10.6. The highest BCUT2D eigenvalue weighted by Gasteiger charge is 2.31. The lowest BCUT2D eigenvalue weighted by molar-refractivity contribution is 0.243. The minimum Gasteiger partial charge on any atom is -0.396 e. The maximum Gasteiger partial charge on any atom is 0.0445 e. The van der Waals surface area contributed by atoms with Gasteiger partial charge in [0, 0.05) is 18.7 Å². The number of hydrogen-bond acceptors (Lipinski definition) is 2. The molecule has 2 N–H and O–H groups in total. The van der Waals surface area contributed by atoms with Crippen molar-refractivity contribution in [3.63, 3.8) is 0 Å². The van der Waals surface area contributed by atoms with Crippen LogP contribution in [0.15, 0.2) is 12.7 Å². The highest BCUT2D eigenvalue weighted by atomic mass is 16.3. The van der Waals surface area contributed by atoms with Crippen LogP contribution in [-0.4, -0.2) is 23.8 Å². The predicted molar refractivity (Wildman–Crippen MR) is 69.5 cm³/mol. The second-order valence-corrected chi connectivity index (χ2v) is 4.97. The molecule has 0 bridgehead atoms. The number of nitrogens with one attached hydrogen (secondary N) is 1. The van der Waals surface area contributed by atoms with Crippen molar-refractivity contribution in [3.8, 4) is 0 Å². The summed E-state index contributed by atoms with van der Waals surface area (Å²) in [4.78, 5) is 0. The minimum atomic E-state index is 0.314. The summed E-state index contributed by atoms with van der Waals surface area (Å²) in [5.74, 6) is 0.829. The molecule has 0 radical (unpaired) electrons. The molecule has 0 saturated heterocycles. The fourth-order valence-electron chi connectivity index (χ4n) is 2.37. The van der Waals surface area contributed by atoms with Gasteiger partial charge in [-0.1, -0.05) is 19.4 Å². The van der Waals surface area contributed by atoms with Gasteiger partial charge in [0.25, 0.3) is 0 Å². The first kappa shape index (κ1) is 13.7. The van der Waals surface area contributed by atoms with Gasteiger partial charge in [-0.15, -0.1) is 6.58 Å². The molecule has 16 heavy (non-hydrogen) atoms. The number of aliphatic hydroxyl groups is 1. The zero-order chi connectivity index (χ0) is 11.8. The van der Waals surface area contributed by atoms with Crippen molar-refractivity contribution in [3.05, 3.63) is 12.7 Å². The van der Waals surface area contributed by atoms with Gasteiger partial charge in [-0.2, -0.15) is 0 Å². The Kier molecular flexibility index (Phi) is 6.74. The Labute approximate surface area is 100 Å². The molecule has 1 rings (SSSR count). The van der Waals surface area contributed by atoms with Gasteiger partial charge in [-0.25, -0.2) is 0 Å². The Bertz CT molecular complexity index is 189. The highest BCUT2D eigenvalue weighted by molar-refractivity contribution is 4.88. The zero-order valence-electron chi connectivity index (χ0n) is 10.6. The van der Waals surface area contributed by atoms with Crippen LogP contribution in [0.3, 0.4) is 0 Å². The third-order valence-electron chi connectivity index (χ3n) is 3.44. The molecule has 1 fully saturated rings. The minimum absolute atomic E-state index is 0.314. The van der Waals surface area contributed by atoms with E-state index in [9.17, 15) is 0 Å². The summed E-state index contributed by atoms with van der Waals surface area (Å²) in [7, 11) is 0. The molecule has 1 saturated carbocycles. The molecule has 1 aliphatic rings. The van der Waals surface area contributed by atoms with Gasteiger partial charge in [-0.3, -0.25) is 0 Å². The van der Waals surface area contributed by atoms with E-state index >= 15 is 0 Å². The van der Waals surface area contributed by atoms with Crippen LogP contribution in [0.1, 0.15) is 51.9 Å². The molecule has 0 amide bonds. The first-order valence-corrected chi connectivity index (χ1v) is 6.79. The third kappa shape index (κ3) is 5.13. The fraction of sp³-hybridized carbons (Fsp3) is 0.857. The van der Waals surface area contributed by atoms with Crippen LogP contribution in [0, 0.1) is 5.92 Å². The number of allylic oxidation sites excluding steroid dienone is 1. The Balaban J connectivity index is 2.33. The summed E-state index contributed by atoms with van der Waals surface area (Å²) in [6.45, 7) is 6.34. The van der Waals surface area contributed by atoms with Gasteiger partial charge in [0.1, 0.15) is 0 Å². The summed E-state index contributed by atoms with van der Waals surface area (Å²) in [6.07, 6.45) is 10.4. The van der Waals surface area contributed by atoms with Gasteiger partial charge in [0.15, 0.2) is 0 Å². The molecular formula is C14H27NO. The molecule has 0 aromatic carbocycles. The molecule has 2 heteroatoms. The smallest absolute Gasteiger partial charge is 0.0445 e. The van der Waals surface area contributed by atoms with E-state index in [-0.39, 0.29) is 0 Å². The van der Waals surface area contributed by atoms with Crippen molar-refractivity contribution in [1.82, 2.24) is 5.32 Å². The van der Waals surface area contributed by atoms with Crippen molar-refractivity contribution in [2.45, 2.75) is 64.0 Å². The summed E-state index contributed by atoms with van der Waals surface area (Å²) in [5.41, 5.74) is 0. The maximum absolute atomic E-state index is 9.08. The lowest BCUT2D eigenvalue weighted by atomic mass is 10.0. The van der Waals surface area contributed by atoms with Crippen LogP contribution < -0.4 is 5.32 Å². The number of rotatable bonds is 10. The van der Waals surface area contributed by atoms with Crippen LogP contribution in [0.5, 0.6) is 0 Å². The van der Waals surface area contributed by atoms with Gasteiger partial charge in [0.05, 0.1) is 0 Å². The molecule has 0 heterocycles. The van der Waals surface area contributed by atoms with Crippen molar-refractivity contribution in [2.75, 3.05) is 6.61 Å². The largest absolute Gasteiger partial charge is 0.396 e. The van der Waals surface area contributed by atoms with Gasteiger partial charge >= 0.3 is 0 Å². The molecule has 0 spiro atoms. The first-order chi connectivity index (χ1) is 7.81. The number of hydrogen-bond donors (Lipinski definition) is 2. The molecule has 94 valence electrons. The predicted octanol–water partition coefficient (Wildman–Crippen LogP) is 2.87. The lowest BCUT2D eigenvalue weighted by Crippen LogP contribution is -2.40. The lowest BCUT2D eigenvalue weighted by Gasteiger charge is -2.25. The average Bonchev–Trinajstić information content (AvgIpc) is 3.09. The second-order valence-electron chi connectivity index (χ2n) is 4.97. The summed E-state index contributed by atoms with van der Waals surface area (Å²) in [6, 6.07) is 1.16. The Morgan fingerprint density at radius 2 is 2.12 bits per heavy atom. The molecule has 2 unspecified atom stereocenters. The molecule has 2 atom stereocenters. The van der Waals surface area contributed by atoms with Crippen LogP contribution in [-0.2, 0) is 0 Å². The highest BCUT2D eigenvalue weighted by Crippen LogP contribution is 2.34. The quantitative estimate of drug-likeness (QED) is 0.560. The first-order valence-electron chi connectivity index (χ1n) is 6.79. The molecule has 0 aliphatic heterocycles. The Hall–Kier alpha value is -0.340. The van der Waals surface area contributed by atoms with E-state index in [1.54, 1.807) is 0 Å². The second kappa shape index (κ2) is 7.86. The molecule has 2 nitrogen and oxygen atoms in total. The molecule has 0 aromatic rings. The topological polar surface area (TPSA) is 32.3 Å². The van der Waals surface area contributed by atoms with Gasteiger partial charge < -0.3 is 10.4 Å². The Morgan fingerprint density at radius 1 is 1.38 bits per heavy atom. The molecule has 1 aliphatic carbocycles. The average molecular weight is 225 g/mol. The van der Waals surface area contributed by atoms with Crippen molar-refractivity contribution < 1.29 is 5.11 Å². The number of aliphatic hydroxyl groups excluding tert-OH is 1. The van der Waals surface area contributed by atoms with E-state index in [0.717, 1.165) is 18.8 Å². The normalized spacial score (nSPS) is 19.4. The van der Waals surface area contributed by atoms with Crippen molar-refractivity contribution in [1.29, 1.82) is 0 Å². The molecule has 0 aromatic heterocycles. The summed E-state index contributed by atoms with van der Waals surface area (Å²) in [5, 5.41) is 12.8. The summed E-state index contributed by atoms with van der Waals surface area (Å²) < 4.78 is 0. The SMILES string of the molecule is C=CCCC(CCC)NC(CCO)C1CC1. The van der Waals surface area contributed by atoms with Crippen molar-refractivity contribution >= 4 is 0 Å². The summed E-state index contributed by atoms with van der Waals surface area (Å²) >= 11 is 0.